The second kappa shape index (κ2) is 18.0. The van der Waals surface area contributed by atoms with Crippen molar-refractivity contribution >= 4 is 57.5 Å². The highest BCUT2D eigenvalue weighted by Crippen LogP contribution is 2.34. The third-order valence-corrected chi connectivity index (χ3v) is 7.32. The van der Waals surface area contributed by atoms with Crippen LogP contribution in [0.5, 0.6) is 0 Å². The molecule has 0 bridgehead atoms. The van der Waals surface area contributed by atoms with Crippen molar-refractivity contribution in [1.29, 1.82) is 0 Å². The third kappa shape index (κ3) is 13.1. The molecule has 1 aliphatic heterocycles. The van der Waals surface area contributed by atoms with Crippen LogP contribution >= 0.6 is 35.0 Å². The Morgan fingerprint density at radius 1 is 0.921 bits per heavy atom. The second-order valence-corrected chi connectivity index (χ2v) is 15.3. The first-order valence-corrected chi connectivity index (χ1v) is 17.2. The van der Waals surface area contributed by atoms with Gasteiger partial charge in [-0.1, -0.05) is 35.3 Å². The molecule has 5 rings (SSSR count). The number of allylic oxidation sites excluding steroid dienone is 2. The van der Waals surface area contributed by atoms with Gasteiger partial charge in [0.05, 0.1) is 5.76 Å². The number of hydrogen-bond donors (Lipinski definition) is 1. The SMILES string of the molecule is C1CCOC1.C[Si](C)(C)OC1=CC(c2ccc(Cl)nc2)CC1.NCl.O=C1CCC(c2ccc(Cl)nc2)C1.[B]. The first-order chi connectivity index (χ1) is 17.7. The lowest BCUT2D eigenvalue weighted by Gasteiger charge is -2.19. The fraction of sp³-hybridized carbons (Fsp3) is 0.519. The summed E-state index contributed by atoms with van der Waals surface area (Å²) in [6, 6.07) is 7.63. The summed E-state index contributed by atoms with van der Waals surface area (Å²) in [6.07, 6.45) is 12.9. The quantitative estimate of drug-likeness (QED) is 0.224. The van der Waals surface area contributed by atoms with E-state index in [0.29, 0.717) is 40.8 Å². The van der Waals surface area contributed by atoms with E-state index in [4.69, 9.17) is 32.4 Å². The molecule has 2 N–H and O–H groups in total. The highest BCUT2D eigenvalue weighted by molar-refractivity contribution is 6.70. The number of hydrogen-bond acceptors (Lipinski definition) is 6. The number of halogens is 3. The van der Waals surface area contributed by atoms with Gasteiger partial charge in [-0.05, 0) is 92.4 Å². The molecule has 38 heavy (non-hydrogen) atoms. The maximum Gasteiger partial charge on any atom is 0.241 e. The van der Waals surface area contributed by atoms with E-state index in [2.05, 4.69) is 52.7 Å². The fourth-order valence-corrected chi connectivity index (χ4v) is 5.45. The van der Waals surface area contributed by atoms with Crippen molar-refractivity contribution in [1.82, 2.24) is 9.97 Å². The van der Waals surface area contributed by atoms with Crippen molar-refractivity contribution in [2.75, 3.05) is 13.2 Å². The summed E-state index contributed by atoms with van der Waals surface area (Å²) in [7, 11) is -1.47. The van der Waals surface area contributed by atoms with Crippen molar-refractivity contribution in [2.45, 2.75) is 76.4 Å². The summed E-state index contributed by atoms with van der Waals surface area (Å²) in [5, 5.41) is 5.03. The number of ether oxygens (including phenoxy) is 1. The van der Waals surface area contributed by atoms with Gasteiger partial charge in [-0.3, -0.25) is 4.79 Å². The van der Waals surface area contributed by atoms with Gasteiger partial charge in [0.15, 0.2) is 0 Å². The minimum Gasteiger partial charge on any atom is -0.548 e. The van der Waals surface area contributed by atoms with Crippen LogP contribution in [0, 0.1) is 0 Å². The number of nitrogens with two attached hydrogens (primary N) is 1. The molecule has 2 fully saturated rings. The van der Waals surface area contributed by atoms with Gasteiger partial charge in [-0.15, -0.1) is 0 Å². The van der Waals surface area contributed by atoms with Gasteiger partial charge in [-0.25, -0.2) is 15.2 Å². The van der Waals surface area contributed by atoms with Crippen LogP contribution in [-0.2, 0) is 14.0 Å². The Hall–Kier alpha value is -1.42. The molecule has 3 aliphatic rings. The topological polar surface area (TPSA) is 87.3 Å². The van der Waals surface area contributed by atoms with Crippen molar-refractivity contribution < 1.29 is 14.0 Å². The zero-order valence-corrected chi connectivity index (χ0v) is 25.7. The average Bonchev–Trinajstić information content (AvgIpc) is 3.65. The lowest BCUT2D eigenvalue weighted by atomic mass is 10.00. The van der Waals surface area contributed by atoms with Crippen molar-refractivity contribution in [2.24, 2.45) is 5.25 Å². The van der Waals surface area contributed by atoms with Crippen molar-refractivity contribution in [3.05, 3.63) is 69.9 Å². The zero-order chi connectivity index (χ0) is 27.3. The Bertz CT molecular complexity index is 978. The number of nitrogens with zero attached hydrogens (tertiary/aromatic N) is 2. The number of aromatic nitrogens is 2. The molecule has 2 unspecified atom stereocenters. The highest BCUT2D eigenvalue weighted by Gasteiger charge is 2.24. The number of Topliss-reactive ketones (excluding diaryl/α,β-unsaturated/α-hetero) is 1. The number of ketones is 1. The Balaban J connectivity index is 0.000000303. The molecule has 1 saturated carbocycles. The summed E-state index contributed by atoms with van der Waals surface area (Å²) in [6.45, 7) is 8.64. The largest absolute Gasteiger partial charge is 0.548 e. The van der Waals surface area contributed by atoms with Gasteiger partial charge in [-0.2, -0.15) is 0 Å². The van der Waals surface area contributed by atoms with E-state index in [9.17, 15) is 4.79 Å². The van der Waals surface area contributed by atoms with Gasteiger partial charge in [0.1, 0.15) is 16.1 Å². The summed E-state index contributed by atoms with van der Waals surface area (Å²) < 4.78 is 11.0. The Morgan fingerprint density at radius 3 is 1.92 bits per heavy atom. The predicted molar refractivity (Wildman–Crippen MR) is 160 cm³/mol. The van der Waals surface area contributed by atoms with Crippen molar-refractivity contribution in [3.8, 4) is 0 Å². The third-order valence-electron chi connectivity index (χ3n) is 6.00. The lowest BCUT2D eigenvalue weighted by Crippen LogP contribution is -2.24. The van der Waals surface area contributed by atoms with Crippen LogP contribution in [0.1, 0.15) is 67.9 Å². The molecular formula is C27H38BCl3N3O3Si. The minimum atomic E-state index is -1.47. The maximum atomic E-state index is 11.0. The van der Waals surface area contributed by atoms with E-state index in [1.54, 1.807) is 12.3 Å². The molecule has 1 saturated heterocycles. The van der Waals surface area contributed by atoms with Crippen LogP contribution in [0.4, 0.5) is 0 Å². The van der Waals surface area contributed by atoms with Gasteiger partial charge >= 0.3 is 0 Å². The van der Waals surface area contributed by atoms with E-state index in [-0.39, 0.29) is 8.41 Å². The molecule has 0 aromatic carbocycles. The second-order valence-electron chi connectivity index (χ2n) is 10.1. The molecule has 3 heterocycles. The first-order valence-electron chi connectivity index (χ1n) is 12.6. The summed E-state index contributed by atoms with van der Waals surface area (Å²) in [5.74, 6) is 2.33. The predicted octanol–water partition coefficient (Wildman–Crippen LogP) is 7.43. The molecule has 0 amide bonds. The minimum absolute atomic E-state index is 0. The van der Waals surface area contributed by atoms with Gasteiger partial charge < -0.3 is 9.16 Å². The smallest absolute Gasteiger partial charge is 0.241 e. The molecule has 2 aromatic heterocycles. The molecule has 6 nitrogen and oxygen atoms in total. The molecule has 0 spiro atoms. The Labute approximate surface area is 245 Å². The number of rotatable bonds is 4. The van der Waals surface area contributed by atoms with Gasteiger partial charge in [0, 0.05) is 59.2 Å². The molecule has 2 aromatic rings. The molecule has 2 aliphatic carbocycles. The summed E-state index contributed by atoms with van der Waals surface area (Å²) >= 11 is 15.6. The van der Waals surface area contributed by atoms with Crippen LogP contribution in [-0.4, -0.2) is 45.7 Å². The number of carbonyl (C=O) groups is 1. The van der Waals surface area contributed by atoms with Crippen LogP contribution < -0.4 is 5.25 Å². The van der Waals surface area contributed by atoms with Crippen LogP contribution in [0.25, 0.3) is 0 Å². The monoisotopic (exact) mass is 596 g/mol. The molecule has 3 radical (unpaired) electrons. The molecular weight excluding hydrogens is 560 g/mol. The summed E-state index contributed by atoms with van der Waals surface area (Å²) in [5.41, 5.74) is 2.36. The Morgan fingerprint density at radius 2 is 1.50 bits per heavy atom. The average molecular weight is 598 g/mol. The zero-order valence-electron chi connectivity index (χ0n) is 22.5. The molecule has 2 atom stereocenters. The van der Waals surface area contributed by atoms with Crippen LogP contribution in [0.2, 0.25) is 29.9 Å². The van der Waals surface area contributed by atoms with E-state index < -0.39 is 8.32 Å². The maximum absolute atomic E-state index is 11.0. The standard InChI is InChI=1S/C13H18ClNOSi.C10H10ClNO.C4H8O.B.ClH2N/c1-17(2,3)16-12-6-4-10(8-12)11-5-7-13(14)15-9-11;11-10-4-2-8(6-12-10)7-1-3-9(13)5-7;1-2-4-5-3-1;;1-2/h5,7-10H,4,6H2,1-3H3;2,4,6-7H,1,3,5H2;1-4H2;;2H2. The van der Waals surface area contributed by atoms with Crippen LogP contribution in [0.15, 0.2) is 48.5 Å². The Kier molecular flexibility index (Phi) is 16.4. The van der Waals surface area contributed by atoms with E-state index >= 15 is 0 Å². The normalized spacial score (nSPS) is 20.0. The van der Waals surface area contributed by atoms with Crippen LogP contribution in [0.3, 0.4) is 0 Å². The fourth-order valence-electron chi connectivity index (χ4n) is 4.27. The van der Waals surface area contributed by atoms with E-state index in [0.717, 1.165) is 43.8 Å². The highest BCUT2D eigenvalue weighted by atomic mass is 35.5. The molecule has 11 heteroatoms. The number of pyridine rings is 2. The van der Waals surface area contributed by atoms with Crippen molar-refractivity contribution in [3.63, 3.8) is 0 Å². The summed E-state index contributed by atoms with van der Waals surface area (Å²) in [4.78, 5) is 19.2. The van der Waals surface area contributed by atoms with E-state index in [1.165, 1.54) is 18.4 Å². The van der Waals surface area contributed by atoms with Gasteiger partial charge in [0.2, 0.25) is 8.32 Å². The first kappa shape index (κ1) is 34.6. The van der Waals surface area contributed by atoms with Gasteiger partial charge in [0.25, 0.3) is 0 Å². The van der Waals surface area contributed by atoms with E-state index in [1.807, 2.05) is 24.4 Å². The number of carbonyl (C=O) groups excluding carboxylic acids is 1. The lowest BCUT2D eigenvalue weighted by molar-refractivity contribution is -0.117. The molecule has 207 valence electrons.